The first-order valence-electron chi connectivity index (χ1n) is 7.92. The molecule has 1 aromatic carbocycles. The van der Waals surface area contributed by atoms with Crippen molar-refractivity contribution < 1.29 is 9.18 Å². The first-order valence-corrected chi connectivity index (χ1v) is 7.92. The third kappa shape index (κ3) is 3.21. The number of halogens is 1. The van der Waals surface area contributed by atoms with Crippen molar-refractivity contribution in [3.63, 3.8) is 0 Å². The van der Waals surface area contributed by atoms with Crippen molar-refractivity contribution in [1.29, 1.82) is 0 Å². The van der Waals surface area contributed by atoms with Gasteiger partial charge >= 0.3 is 0 Å². The van der Waals surface area contributed by atoms with Crippen LogP contribution >= 0.6 is 0 Å². The van der Waals surface area contributed by atoms with Gasteiger partial charge < -0.3 is 10.2 Å². The van der Waals surface area contributed by atoms with Crippen LogP contribution in [-0.2, 0) is 0 Å². The largest absolute Gasteiger partial charge is 0.333 e. The number of hydrogen-bond acceptors (Lipinski definition) is 4. The number of amides is 1. The maximum absolute atomic E-state index is 13.1. The van der Waals surface area contributed by atoms with Crippen LogP contribution in [0.25, 0.3) is 5.69 Å². The van der Waals surface area contributed by atoms with Crippen LogP contribution in [0.2, 0.25) is 0 Å². The Morgan fingerprint density at radius 2 is 2.04 bits per heavy atom. The number of carbonyl (C=O) groups is 1. The molecule has 6 nitrogen and oxygen atoms in total. The Kier molecular flexibility index (Phi) is 4.71. The second-order valence-electron chi connectivity index (χ2n) is 5.80. The number of rotatable bonds is 4. The number of nitrogens with one attached hydrogen (secondary N) is 1. The van der Waals surface area contributed by atoms with Crippen LogP contribution in [0.1, 0.15) is 23.3 Å². The Labute approximate surface area is 138 Å². The number of benzene rings is 1. The third-order valence-electron chi connectivity index (χ3n) is 4.17. The van der Waals surface area contributed by atoms with E-state index in [1.165, 1.54) is 36.4 Å². The number of hydrogen-bond donors (Lipinski definition) is 1. The zero-order chi connectivity index (χ0) is 17.1. The molecule has 1 aromatic heterocycles. The molecule has 0 saturated carbocycles. The Morgan fingerprint density at radius 3 is 2.75 bits per heavy atom. The van der Waals surface area contributed by atoms with E-state index in [0.717, 1.165) is 24.1 Å². The molecule has 1 saturated heterocycles. The van der Waals surface area contributed by atoms with Crippen LogP contribution in [-0.4, -0.2) is 46.8 Å². The van der Waals surface area contributed by atoms with Gasteiger partial charge in [0.1, 0.15) is 11.5 Å². The lowest BCUT2D eigenvalue weighted by Gasteiger charge is -2.24. The Hall–Kier alpha value is -2.54. The summed E-state index contributed by atoms with van der Waals surface area (Å²) in [4.78, 5) is 26.6. The average Bonchev–Trinajstić information content (AvgIpc) is 3.04. The molecule has 0 radical (unpaired) electrons. The molecule has 0 bridgehead atoms. The Balaban J connectivity index is 1.92. The van der Waals surface area contributed by atoms with Crippen LogP contribution in [0.3, 0.4) is 0 Å². The van der Waals surface area contributed by atoms with Crippen molar-refractivity contribution in [1.82, 2.24) is 20.0 Å². The molecule has 3 rings (SSSR count). The van der Waals surface area contributed by atoms with Crippen molar-refractivity contribution in [2.75, 3.05) is 20.1 Å². The molecule has 24 heavy (non-hydrogen) atoms. The number of likely N-dealkylation sites (N-methyl/N-ethyl adjacent to an activating group) is 1. The van der Waals surface area contributed by atoms with Gasteiger partial charge in [0.25, 0.3) is 11.5 Å². The summed E-state index contributed by atoms with van der Waals surface area (Å²) in [7, 11) is 1.86. The standard InChI is InChI=1S/C17H19FN4O2/c1-19-11-14-3-2-10-21(14)17(24)15-8-9-16(23)22(20-15)13-6-4-12(18)5-7-13/h4-9,14,19H,2-3,10-11H2,1H3. The van der Waals surface area contributed by atoms with E-state index in [4.69, 9.17) is 0 Å². The zero-order valence-electron chi connectivity index (χ0n) is 13.4. The molecule has 2 heterocycles. The fraction of sp³-hybridized carbons (Fsp3) is 0.353. The molecule has 1 N–H and O–H groups in total. The van der Waals surface area contributed by atoms with Crippen LogP contribution in [0, 0.1) is 5.82 Å². The molecule has 1 aliphatic rings. The molecular formula is C17H19FN4O2. The summed E-state index contributed by atoms with van der Waals surface area (Å²) in [6, 6.07) is 8.31. The zero-order valence-corrected chi connectivity index (χ0v) is 13.4. The van der Waals surface area contributed by atoms with Gasteiger partial charge in [0.2, 0.25) is 0 Å². The molecular weight excluding hydrogens is 311 g/mol. The van der Waals surface area contributed by atoms with Gasteiger partial charge in [0, 0.05) is 25.2 Å². The van der Waals surface area contributed by atoms with E-state index in [1.54, 1.807) is 4.90 Å². The monoisotopic (exact) mass is 330 g/mol. The average molecular weight is 330 g/mol. The molecule has 0 spiro atoms. The number of aromatic nitrogens is 2. The van der Waals surface area contributed by atoms with Gasteiger partial charge in [-0.3, -0.25) is 9.59 Å². The quantitative estimate of drug-likeness (QED) is 0.915. The second kappa shape index (κ2) is 6.92. The van der Waals surface area contributed by atoms with Gasteiger partial charge in [-0.1, -0.05) is 0 Å². The van der Waals surface area contributed by atoms with Crippen LogP contribution in [0.4, 0.5) is 4.39 Å². The van der Waals surface area contributed by atoms with Crippen molar-refractivity contribution in [3.8, 4) is 5.69 Å². The third-order valence-corrected chi connectivity index (χ3v) is 4.17. The highest BCUT2D eigenvalue weighted by atomic mass is 19.1. The smallest absolute Gasteiger partial charge is 0.274 e. The SMILES string of the molecule is CNCC1CCCN1C(=O)c1ccc(=O)n(-c2ccc(F)cc2)n1. The van der Waals surface area contributed by atoms with E-state index in [9.17, 15) is 14.0 Å². The fourth-order valence-corrected chi connectivity index (χ4v) is 2.99. The second-order valence-corrected chi connectivity index (χ2v) is 5.80. The maximum atomic E-state index is 13.1. The summed E-state index contributed by atoms with van der Waals surface area (Å²) in [5.74, 6) is -0.588. The van der Waals surface area contributed by atoms with Gasteiger partial charge in [0.15, 0.2) is 0 Å². The normalized spacial score (nSPS) is 17.2. The predicted molar refractivity (Wildman–Crippen MR) is 87.8 cm³/mol. The maximum Gasteiger partial charge on any atom is 0.274 e. The lowest BCUT2D eigenvalue weighted by atomic mass is 10.2. The highest BCUT2D eigenvalue weighted by molar-refractivity contribution is 5.92. The van der Waals surface area contributed by atoms with Crippen molar-refractivity contribution >= 4 is 5.91 Å². The first-order chi connectivity index (χ1) is 11.6. The Bertz CT molecular complexity index is 788. The van der Waals surface area contributed by atoms with Gasteiger partial charge in [-0.15, -0.1) is 0 Å². The lowest BCUT2D eigenvalue weighted by Crippen LogP contribution is -2.41. The van der Waals surface area contributed by atoms with Crippen LogP contribution < -0.4 is 10.9 Å². The summed E-state index contributed by atoms with van der Waals surface area (Å²) in [5, 5.41) is 7.27. The summed E-state index contributed by atoms with van der Waals surface area (Å²) in [6.07, 6.45) is 1.90. The summed E-state index contributed by atoms with van der Waals surface area (Å²) >= 11 is 0. The molecule has 1 aliphatic heterocycles. The number of carbonyl (C=O) groups excluding carboxylic acids is 1. The molecule has 1 atom stereocenters. The van der Waals surface area contributed by atoms with Crippen LogP contribution in [0.15, 0.2) is 41.2 Å². The lowest BCUT2D eigenvalue weighted by molar-refractivity contribution is 0.0729. The molecule has 1 unspecified atom stereocenters. The van der Waals surface area contributed by atoms with Crippen molar-refractivity contribution in [3.05, 3.63) is 58.3 Å². The molecule has 1 fully saturated rings. The highest BCUT2D eigenvalue weighted by Crippen LogP contribution is 2.19. The van der Waals surface area contributed by atoms with Gasteiger partial charge in [-0.2, -0.15) is 9.78 Å². The number of likely N-dealkylation sites (tertiary alicyclic amines) is 1. The highest BCUT2D eigenvalue weighted by Gasteiger charge is 2.29. The first kappa shape index (κ1) is 16.3. The summed E-state index contributed by atoms with van der Waals surface area (Å²) in [6.45, 7) is 1.41. The van der Waals surface area contributed by atoms with Gasteiger partial charge in [-0.25, -0.2) is 4.39 Å². The topological polar surface area (TPSA) is 67.2 Å². The van der Waals surface area contributed by atoms with Gasteiger partial charge in [-0.05, 0) is 50.2 Å². The van der Waals surface area contributed by atoms with Gasteiger partial charge in [0.05, 0.1) is 5.69 Å². The molecule has 126 valence electrons. The fourth-order valence-electron chi connectivity index (χ4n) is 2.99. The van der Waals surface area contributed by atoms with E-state index in [1.807, 2.05) is 7.05 Å². The van der Waals surface area contributed by atoms with E-state index < -0.39 is 5.82 Å². The number of nitrogens with zero attached hydrogens (tertiary/aromatic N) is 3. The van der Waals surface area contributed by atoms with E-state index in [0.29, 0.717) is 12.2 Å². The minimum atomic E-state index is -0.397. The molecule has 7 heteroatoms. The minimum absolute atomic E-state index is 0.135. The molecule has 2 aromatic rings. The minimum Gasteiger partial charge on any atom is -0.333 e. The van der Waals surface area contributed by atoms with E-state index in [2.05, 4.69) is 10.4 Å². The summed E-state index contributed by atoms with van der Waals surface area (Å²) < 4.78 is 14.2. The van der Waals surface area contributed by atoms with Crippen molar-refractivity contribution in [2.24, 2.45) is 0 Å². The molecule has 1 amide bonds. The molecule has 0 aliphatic carbocycles. The van der Waals surface area contributed by atoms with Crippen molar-refractivity contribution in [2.45, 2.75) is 18.9 Å². The predicted octanol–water partition coefficient (Wildman–Crippen LogP) is 1.20. The van der Waals surface area contributed by atoms with E-state index >= 15 is 0 Å². The van der Waals surface area contributed by atoms with Crippen LogP contribution in [0.5, 0.6) is 0 Å². The van der Waals surface area contributed by atoms with E-state index in [-0.39, 0.29) is 23.2 Å². The Morgan fingerprint density at radius 1 is 1.29 bits per heavy atom. The summed E-state index contributed by atoms with van der Waals surface area (Å²) in [5.41, 5.74) is 0.262.